The largest absolute Gasteiger partial charge is 0.378 e. The number of aryl methyl sites for hydroxylation is 1. The Morgan fingerprint density at radius 3 is 2.90 bits per heavy atom. The van der Waals surface area contributed by atoms with Crippen LogP contribution in [-0.2, 0) is 11.3 Å². The van der Waals surface area contributed by atoms with Gasteiger partial charge in [0.05, 0.1) is 16.7 Å². The molecule has 0 radical (unpaired) electrons. The lowest BCUT2D eigenvalue weighted by molar-refractivity contribution is -0.386. The Morgan fingerprint density at radius 1 is 1.55 bits per heavy atom. The van der Waals surface area contributed by atoms with Gasteiger partial charge in [0.15, 0.2) is 0 Å². The van der Waals surface area contributed by atoms with E-state index in [1.165, 1.54) is 0 Å². The maximum absolute atomic E-state index is 11.1. The molecule has 6 nitrogen and oxygen atoms in total. The Hall–Kier alpha value is -1.53. The number of rotatable bonds is 5. The van der Waals surface area contributed by atoms with E-state index in [9.17, 15) is 10.1 Å². The minimum atomic E-state index is -0.331. The van der Waals surface area contributed by atoms with Crippen LogP contribution in [0.4, 0.5) is 5.69 Å². The molecule has 6 heteroatoms. The molecule has 2 atom stereocenters. The first-order chi connectivity index (χ1) is 9.50. The lowest BCUT2D eigenvalue weighted by Gasteiger charge is -2.15. The Morgan fingerprint density at radius 2 is 2.30 bits per heavy atom. The molecule has 0 spiro atoms. The molecule has 0 aliphatic carbocycles. The quantitative estimate of drug-likeness (QED) is 0.660. The number of pyridine rings is 1. The van der Waals surface area contributed by atoms with Crippen LogP contribution in [0.2, 0.25) is 0 Å². The van der Waals surface area contributed by atoms with Crippen molar-refractivity contribution < 1.29 is 9.66 Å². The Kier molecular flexibility index (Phi) is 4.67. The van der Waals surface area contributed by atoms with Crippen molar-refractivity contribution in [1.29, 1.82) is 0 Å². The van der Waals surface area contributed by atoms with Gasteiger partial charge in [-0.3, -0.25) is 15.1 Å². The zero-order valence-electron chi connectivity index (χ0n) is 12.2. The van der Waals surface area contributed by atoms with Gasteiger partial charge in [-0.15, -0.1) is 0 Å². The molecule has 1 fully saturated rings. The predicted octanol–water partition coefficient (Wildman–Crippen LogP) is 2.12. The molecule has 20 heavy (non-hydrogen) atoms. The number of ether oxygens (including phenoxy) is 1. The molecule has 1 aromatic heterocycles. The molecular weight excluding hydrogens is 258 g/mol. The summed E-state index contributed by atoms with van der Waals surface area (Å²) in [5.74, 6) is 0.510. The zero-order valence-corrected chi connectivity index (χ0v) is 12.2. The second-order valence-corrected chi connectivity index (χ2v) is 5.37. The first-order valence-electron chi connectivity index (χ1n) is 6.92. The van der Waals surface area contributed by atoms with Crippen LogP contribution in [0.3, 0.4) is 0 Å². The average molecular weight is 279 g/mol. The third-order valence-corrected chi connectivity index (χ3v) is 3.99. The Balaban J connectivity index is 1.99. The molecule has 0 saturated carbocycles. The van der Waals surface area contributed by atoms with Gasteiger partial charge in [0.1, 0.15) is 0 Å². The van der Waals surface area contributed by atoms with E-state index in [1.54, 1.807) is 20.0 Å². The summed E-state index contributed by atoms with van der Waals surface area (Å²) in [5.41, 5.74) is 2.18. The van der Waals surface area contributed by atoms with Gasteiger partial charge in [-0.05, 0) is 33.1 Å². The fourth-order valence-corrected chi connectivity index (χ4v) is 2.64. The van der Waals surface area contributed by atoms with Crippen molar-refractivity contribution in [2.24, 2.45) is 5.92 Å². The minimum absolute atomic E-state index is 0.175. The third kappa shape index (κ3) is 3.13. The molecule has 2 rings (SSSR count). The van der Waals surface area contributed by atoms with Crippen LogP contribution in [0, 0.1) is 29.9 Å². The van der Waals surface area contributed by atoms with Crippen molar-refractivity contribution >= 4 is 5.69 Å². The number of nitrogens with zero attached hydrogens (tertiary/aromatic N) is 2. The molecule has 1 N–H and O–H groups in total. The molecule has 0 aromatic carbocycles. The van der Waals surface area contributed by atoms with Gasteiger partial charge in [-0.1, -0.05) is 0 Å². The van der Waals surface area contributed by atoms with Crippen molar-refractivity contribution in [3.05, 3.63) is 33.1 Å². The molecular formula is C14H21N3O3. The van der Waals surface area contributed by atoms with E-state index in [0.29, 0.717) is 23.6 Å². The fraction of sp³-hybridized carbons (Fsp3) is 0.643. The fourth-order valence-electron chi connectivity index (χ4n) is 2.64. The predicted molar refractivity (Wildman–Crippen MR) is 75.6 cm³/mol. The first-order valence-corrected chi connectivity index (χ1v) is 6.92. The lowest BCUT2D eigenvalue weighted by atomic mass is 10.0. The van der Waals surface area contributed by atoms with Crippen LogP contribution < -0.4 is 5.32 Å². The molecule has 0 bridgehead atoms. The second-order valence-electron chi connectivity index (χ2n) is 5.37. The SMILES string of the molecule is Cc1cnc(CNCC2CCOC2C)c(C)c1[N+](=O)[O-]. The van der Waals surface area contributed by atoms with Crippen LogP contribution >= 0.6 is 0 Å². The van der Waals surface area contributed by atoms with Crippen molar-refractivity contribution in [1.82, 2.24) is 10.3 Å². The summed E-state index contributed by atoms with van der Waals surface area (Å²) < 4.78 is 5.51. The Bertz CT molecular complexity index is 505. The maximum Gasteiger partial charge on any atom is 0.278 e. The summed E-state index contributed by atoms with van der Waals surface area (Å²) in [5, 5.41) is 14.4. The van der Waals surface area contributed by atoms with E-state index in [2.05, 4.69) is 17.2 Å². The van der Waals surface area contributed by atoms with E-state index >= 15 is 0 Å². The summed E-state index contributed by atoms with van der Waals surface area (Å²) in [7, 11) is 0. The van der Waals surface area contributed by atoms with E-state index in [1.807, 2.05) is 0 Å². The molecule has 0 amide bonds. The van der Waals surface area contributed by atoms with E-state index in [-0.39, 0.29) is 16.7 Å². The van der Waals surface area contributed by atoms with Crippen LogP contribution in [0.5, 0.6) is 0 Å². The number of nitrogens with one attached hydrogen (secondary N) is 1. The molecule has 2 heterocycles. The second kappa shape index (κ2) is 6.28. The van der Waals surface area contributed by atoms with Gasteiger partial charge in [0.2, 0.25) is 0 Å². The molecule has 1 saturated heterocycles. The van der Waals surface area contributed by atoms with Crippen LogP contribution in [0.15, 0.2) is 6.20 Å². The van der Waals surface area contributed by atoms with Crippen molar-refractivity contribution in [3.63, 3.8) is 0 Å². The summed E-state index contributed by atoms with van der Waals surface area (Å²) in [4.78, 5) is 15.0. The smallest absolute Gasteiger partial charge is 0.278 e. The molecule has 110 valence electrons. The lowest BCUT2D eigenvalue weighted by Crippen LogP contribution is -2.27. The van der Waals surface area contributed by atoms with Gasteiger partial charge < -0.3 is 10.1 Å². The number of aromatic nitrogens is 1. The number of nitro groups is 1. The van der Waals surface area contributed by atoms with Gasteiger partial charge in [0.25, 0.3) is 5.69 Å². The van der Waals surface area contributed by atoms with Gasteiger partial charge in [-0.25, -0.2) is 0 Å². The molecule has 1 aliphatic heterocycles. The van der Waals surface area contributed by atoms with Gasteiger partial charge in [-0.2, -0.15) is 0 Å². The maximum atomic E-state index is 11.1. The summed E-state index contributed by atoms with van der Waals surface area (Å²) >= 11 is 0. The van der Waals surface area contributed by atoms with E-state index in [4.69, 9.17) is 4.74 Å². The Labute approximate surface area is 118 Å². The third-order valence-electron chi connectivity index (χ3n) is 3.99. The highest BCUT2D eigenvalue weighted by Crippen LogP contribution is 2.24. The zero-order chi connectivity index (χ0) is 14.7. The normalized spacial score (nSPS) is 22.1. The van der Waals surface area contributed by atoms with Crippen LogP contribution in [-0.4, -0.2) is 29.2 Å². The van der Waals surface area contributed by atoms with Crippen molar-refractivity contribution in [2.75, 3.05) is 13.2 Å². The average Bonchev–Trinajstić information content (AvgIpc) is 2.78. The van der Waals surface area contributed by atoms with Crippen molar-refractivity contribution in [2.45, 2.75) is 39.8 Å². The number of hydrogen-bond acceptors (Lipinski definition) is 5. The topological polar surface area (TPSA) is 77.3 Å². The van der Waals surface area contributed by atoms with Crippen LogP contribution in [0.25, 0.3) is 0 Å². The monoisotopic (exact) mass is 279 g/mol. The summed E-state index contributed by atoms with van der Waals surface area (Å²) in [6, 6.07) is 0. The summed E-state index contributed by atoms with van der Waals surface area (Å²) in [6.07, 6.45) is 2.92. The highest BCUT2D eigenvalue weighted by Gasteiger charge is 2.24. The molecule has 1 aliphatic rings. The standard InChI is InChI=1S/C14H21N3O3/c1-9-6-16-13(10(2)14(9)17(18)19)8-15-7-12-4-5-20-11(12)3/h6,11-12,15H,4-5,7-8H2,1-3H3. The highest BCUT2D eigenvalue weighted by molar-refractivity contribution is 5.47. The number of hydrogen-bond donors (Lipinski definition) is 1. The van der Waals surface area contributed by atoms with Crippen molar-refractivity contribution in [3.8, 4) is 0 Å². The first kappa shape index (κ1) is 14.9. The molecule has 1 aromatic rings. The minimum Gasteiger partial charge on any atom is -0.378 e. The highest BCUT2D eigenvalue weighted by atomic mass is 16.6. The molecule has 2 unspecified atom stereocenters. The summed E-state index contributed by atoms with van der Waals surface area (Å²) in [6.45, 7) is 7.78. The van der Waals surface area contributed by atoms with Gasteiger partial charge >= 0.3 is 0 Å². The van der Waals surface area contributed by atoms with E-state index in [0.717, 1.165) is 25.3 Å². The van der Waals surface area contributed by atoms with Crippen LogP contribution in [0.1, 0.15) is 30.2 Å². The van der Waals surface area contributed by atoms with E-state index < -0.39 is 0 Å². The van der Waals surface area contributed by atoms with Gasteiger partial charge in [0, 0.05) is 37.0 Å².